The van der Waals surface area contributed by atoms with Crippen LogP contribution >= 0.6 is 12.4 Å². The van der Waals surface area contributed by atoms with Crippen molar-refractivity contribution in [1.29, 1.82) is 0 Å². The van der Waals surface area contributed by atoms with Gasteiger partial charge in [-0.15, -0.1) is 12.4 Å². The molecule has 0 atom stereocenters. The second-order valence-electron chi connectivity index (χ2n) is 4.34. The Bertz CT molecular complexity index is 353. The van der Waals surface area contributed by atoms with Crippen molar-refractivity contribution < 1.29 is 15.0 Å². The number of hydrogen-bond donors (Lipinski definition) is 3. The van der Waals surface area contributed by atoms with Gasteiger partial charge in [0.15, 0.2) is 5.78 Å². The van der Waals surface area contributed by atoms with E-state index in [1.807, 2.05) is 18.2 Å². The van der Waals surface area contributed by atoms with Gasteiger partial charge in [0.25, 0.3) is 0 Å². The molecule has 0 fully saturated rings. The monoisotopic (exact) mass is 273 g/mol. The number of carbonyl (C=O) groups is 1. The highest BCUT2D eigenvalue weighted by Gasteiger charge is 2.21. The number of halogens is 1. The van der Waals surface area contributed by atoms with Crippen LogP contribution in [0.1, 0.15) is 23.7 Å². The molecule has 3 N–H and O–H groups in total. The molecule has 1 rings (SSSR count). The Labute approximate surface area is 113 Å². The summed E-state index contributed by atoms with van der Waals surface area (Å²) in [6, 6.07) is 9.07. The largest absolute Gasteiger partial charge is 0.394 e. The maximum Gasteiger partial charge on any atom is 0.164 e. The molecular formula is C13H20ClNO3. The molecule has 4 nitrogen and oxygen atoms in total. The molecule has 102 valence electrons. The van der Waals surface area contributed by atoms with Gasteiger partial charge in [0, 0.05) is 18.5 Å². The Balaban J connectivity index is 0.00000289. The summed E-state index contributed by atoms with van der Waals surface area (Å²) in [5.74, 6) is 0.0522. The molecule has 5 heteroatoms. The van der Waals surface area contributed by atoms with Crippen LogP contribution in [-0.2, 0) is 0 Å². The van der Waals surface area contributed by atoms with Crippen LogP contribution in [0.2, 0.25) is 0 Å². The maximum absolute atomic E-state index is 11.7. The fourth-order valence-electron chi connectivity index (χ4n) is 1.41. The summed E-state index contributed by atoms with van der Waals surface area (Å²) in [5.41, 5.74) is -0.0410. The molecule has 0 bridgehead atoms. The predicted octanol–water partition coefficient (Wildman–Crippen LogP) is 1.01. The summed E-state index contributed by atoms with van der Waals surface area (Å²) < 4.78 is 0. The predicted molar refractivity (Wildman–Crippen MR) is 73.2 cm³/mol. The van der Waals surface area contributed by atoms with Gasteiger partial charge in [-0.25, -0.2) is 0 Å². The molecule has 18 heavy (non-hydrogen) atoms. The van der Waals surface area contributed by atoms with Crippen molar-refractivity contribution in [2.45, 2.75) is 18.9 Å². The van der Waals surface area contributed by atoms with E-state index in [-0.39, 0.29) is 31.4 Å². The molecule has 0 saturated heterocycles. The van der Waals surface area contributed by atoms with Crippen LogP contribution in [0.15, 0.2) is 30.3 Å². The molecule has 0 aliphatic carbocycles. The molecule has 1 aromatic carbocycles. The quantitative estimate of drug-likeness (QED) is 0.649. The van der Waals surface area contributed by atoms with E-state index >= 15 is 0 Å². The number of aliphatic hydroxyl groups excluding tert-OH is 2. The Morgan fingerprint density at radius 2 is 1.78 bits per heavy atom. The second-order valence-corrected chi connectivity index (χ2v) is 4.34. The highest BCUT2D eigenvalue weighted by atomic mass is 35.5. The van der Waals surface area contributed by atoms with E-state index in [2.05, 4.69) is 5.32 Å². The van der Waals surface area contributed by atoms with E-state index in [0.717, 1.165) is 0 Å². The first kappa shape index (κ1) is 17.1. The van der Waals surface area contributed by atoms with E-state index in [9.17, 15) is 4.79 Å². The Hall–Kier alpha value is -0.940. The first-order chi connectivity index (χ1) is 8.11. The second kappa shape index (κ2) is 8.21. The minimum atomic E-state index is -0.725. The number of rotatable bonds is 7. The van der Waals surface area contributed by atoms with Crippen molar-refractivity contribution in [2.24, 2.45) is 0 Å². The molecule has 1 aromatic rings. The number of aliphatic hydroxyl groups is 2. The Kier molecular flexibility index (Phi) is 7.78. The van der Waals surface area contributed by atoms with E-state index in [1.54, 1.807) is 19.1 Å². The Morgan fingerprint density at radius 1 is 1.22 bits per heavy atom. The van der Waals surface area contributed by atoms with Gasteiger partial charge in [0.05, 0.1) is 18.8 Å². The number of ketones is 1. The summed E-state index contributed by atoms with van der Waals surface area (Å²) >= 11 is 0. The lowest BCUT2D eigenvalue weighted by atomic mass is 10.0. The van der Waals surface area contributed by atoms with Crippen LogP contribution < -0.4 is 5.32 Å². The van der Waals surface area contributed by atoms with Crippen molar-refractivity contribution in [3.63, 3.8) is 0 Å². The van der Waals surface area contributed by atoms with Crippen LogP contribution in [-0.4, -0.2) is 41.3 Å². The van der Waals surface area contributed by atoms with Crippen LogP contribution in [0, 0.1) is 0 Å². The molecule has 0 aromatic heterocycles. The van der Waals surface area contributed by atoms with E-state index in [0.29, 0.717) is 18.5 Å². The first-order valence-electron chi connectivity index (χ1n) is 5.66. The lowest BCUT2D eigenvalue weighted by Gasteiger charge is -2.26. The third-order valence-electron chi connectivity index (χ3n) is 2.70. The SMILES string of the molecule is CC(CO)(CO)NCCC(=O)c1ccccc1.Cl. The van der Waals surface area contributed by atoms with Crippen LogP contribution in [0.5, 0.6) is 0 Å². The lowest BCUT2D eigenvalue weighted by molar-refractivity contribution is 0.0926. The van der Waals surface area contributed by atoms with E-state index in [4.69, 9.17) is 10.2 Å². The van der Waals surface area contributed by atoms with E-state index in [1.165, 1.54) is 0 Å². The summed E-state index contributed by atoms with van der Waals surface area (Å²) in [6.07, 6.45) is 0.347. The zero-order chi connectivity index (χ0) is 12.7. The van der Waals surface area contributed by atoms with Gasteiger partial charge >= 0.3 is 0 Å². The third kappa shape index (κ3) is 5.14. The number of nitrogens with one attached hydrogen (secondary N) is 1. The molecule has 0 aliphatic rings. The fourth-order valence-corrected chi connectivity index (χ4v) is 1.41. The smallest absolute Gasteiger partial charge is 0.164 e. The third-order valence-corrected chi connectivity index (χ3v) is 2.70. The Morgan fingerprint density at radius 3 is 2.28 bits per heavy atom. The highest BCUT2D eigenvalue weighted by molar-refractivity contribution is 5.96. The molecule has 0 spiro atoms. The van der Waals surface area contributed by atoms with Gasteiger partial charge in [-0.2, -0.15) is 0 Å². The number of Topliss-reactive ketones (excluding diaryl/α,β-unsaturated/α-hetero) is 1. The van der Waals surface area contributed by atoms with Gasteiger partial charge in [-0.3, -0.25) is 4.79 Å². The van der Waals surface area contributed by atoms with Gasteiger partial charge in [-0.1, -0.05) is 30.3 Å². The van der Waals surface area contributed by atoms with Gasteiger partial charge in [-0.05, 0) is 6.92 Å². The number of benzene rings is 1. The lowest BCUT2D eigenvalue weighted by Crippen LogP contribution is -2.49. The molecule has 0 radical (unpaired) electrons. The van der Waals surface area contributed by atoms with E-state index < -0.39 is 5.54 Å². The van der Waals surface area contributed by atoms with Crippen LogP contribution in [0.3, 0.4) is 0 Å². The average molecular weight is 274 g/mol. The van der Waals surface area contributed by atoms with Crippen molar-refractivity contribution >= 4 is 18.2 Å². The normalized spacial score (nSPS) is 10.8. The average Bonchev–Trinajstić information content (AvgIpc) is 2.39. The molecular weight excluding hydrogens is 254 g/mol. The molecule has 0 amide bonds. The molecule has 0 aliphatic heterocycles. The van der Waals surface area contributed by atoms with Crippen molar-refractivity contribution in [3.05, 3.63) is 35.9 Å². The van der Waals surface area contributed by atoms with Gasteiger partial charge in [0.2, 0.25) is 0 Å². The minimum absolute atomic E-state index is 0. The van der Waals surface area contributed by atoms with Gasteiger partial charge in [0.1, 0.15) is 0 Å². The zero-order valence-corrected chi connectivity index (χ0v) is 11.2. The minimum Gasteiger partial charge on any atom is -0.394 e. The summed E-state index contributed by atoms with van der Waals surface area (Å²) in [4.78, 5) is 11.7. The zero-order valence-electron chi connectivity index (χ0n) is 10.4. The fraction of sp³-hybridized carbons (Fsp3) is 0.462. The standard InChI is InChI=1S/C13H19NO3.ClH/c1-13(9-15,10-16)14-8-7-12(17)11-5-3-2-4-6-11;/h2-6,14-16H,7-10H2,1H3;1H. The van der Waals surface area contributed by atoms with Crippen LogP contribution in [0.4, 0.5) is 0 Å². The molecule has 0 saturated carbocycles. The number of hydrogen-bond acceptors (Lipinski definition) is 4. The van der Waals surface area contributed by atoms with Crippen LogP contribution in [0.25, 0.3) is 0 Å². The number of carbonyl (C=O) groups excluding carboxylic acids is 1. The summed E-state index contributed by atoms with van der Waals surface area (Å²) in [7, 11) is 0. The topological polar surface area (TPSA) is 69.6 Å². The summed E-state index contributed by atoms with van der Waals surface area (Å²) in [6.45, 7) is 1.82. The molecule has 0 heterocycles. The van der Waals surface area contributed by atoms with Crippen molar-refractivity contribution in [1.82, 2.24) is 5.32 Å². The van der Waals surface area contributed by atoms with Crippen molar-refractivity contribution in [2.75, 3.05) is 19.8 Å². The highest BCUT2D eigenvalue weighted by Crippen LogP contribution is 2.04. The summed E-state index contributed by atoms with van der Waals surface area (Å²) in [5, 5.41) is 21.1. The van der Waals surface area contributed by atoms with Gasteiger partial charge < -0.3 is 15.5 Å². The first-order valence-corrected chi connectivity index (χ1v) is 5.66. The molecule has 0 unspecified atom stereocenters. The maximum atomic E-state index is 11.7. The van der Waals surface area contributed by atoms with Crippen molar-refractivity contribution in [3.8, 4) is 0 Å².